The van der Waals surface area contributed by atoms with E-state index in [9.17, 15) is 9.18 Å². The molecule has 1 atom stereocenters. The molecular weight excluding hydrogens is 279 g/mol. The molecule has 0 aliphatic carbocycles. The molecule has 1 aliphatic heterocycles. The molecule has 0 bridgehead atoms. The molecule has 22 heavy (non-hydrogen) atoms. The molecule has 1 N–H and O–H groups in total. The van der Waals surface area contributed by atoms with Gasteiger partial charge in [-0.25, -0.2) is 4.39 Å². The Morgan fingerprint density at radius 1 is 1.32 bits per heavy atom. The maximum atomic E-state index is 13.0. The monoisotopic (exact) mass is 300 g/mol. The third kappa shape index (κ3) is 2.91. The lowest BCUT2D eigenvalue weighted by atomic mass is 9.99. The first-order valence-electron chi connectivity index (χ1n) is 7.79. The number of aromatic amines is 1. The number of nitrogens with one attached hydrogen (secondary N) is 1. The van der Waals surface area contributed by atoms with E-state index in [0.717, 1.165) is 36.5 Å². The van der Waals surface area contributed by atoms with Crippen LogP contribution in [-0.2, 0) is 0 Å². The number of rotatable bonds is 2. The number of aromatic nitrogens is 1. The number of hydrogen-bond acceptors (Lipinski definition) is 1. The number of nitrogens with zero attached hydrogens (tertiary/aromatic N) is 1. The van der Waals surface area contributed by atoms with Crippen LogP contribution in [0.5, 0.6) is 0 Å². The number of likely N-dealkylation sites (tertiary alicyclic amines) is 1. The Morgan fingerprint density at radius 2 is 2.05 bits per heavy atom. The molecule has 2 heterocycles. The summed E-state index contributed by atoms with van der Waals surface area (Å²) in [5, 5.41) is 0. The molecule has 0 radical (unpaired) electrons. The van der Waals surface area contributed by atoms with Gasteiger partial charge in [0.2, 0.25) is 0 Å². The molecule has 1 saturated heterocycles. The summed E-state index contributed by atoms with van der Waals surface area (Å²) in [6, 6.07) is 8.18. The van der Waals surface area contributed by atoms with Crippen molar-refractivity contribution in [2.45, 2.75) is 26.7 Å². The topological polar surface area (TPSA) is 36.1 Å². The van der Waals surface area contributed by atoms with Crippen molar-refractivity contribution in [1.29, 1.82) is 0 Å². The van der Waals surface area contributed by atoms with Crippen molar-refractivity contribution in [2.24, 2.45) is 5.92 Å². The maximum absolute atomic E-state index is 13.0. The molecule has 0 saturated carbocycles. The molecule has 1 unspecified atom stereocenters. The van der Waals surface area contributed by atoms with Gasteiger partial charge in [0, 0.05) is 24.5 Å². The zero-order chi connectivity index (χ0) is 15.7. The second-order valence-electron chi connectivity index (χ2n) is 6.23. The summed E-state index contributed by atoms with van der Waals surface area (Å²) in [5.41, 5.74) is 3.32. The van der Waals surface area contributed by atoms with Crippen molar-refractivity contribution >= 4 is 5.91 Å². The Bertz CT molecular complexity index is 675. The van der Waals surface area contributed by atoms with Gasteiger partial charge in [-0.15, -0.1) is 0 Å². The van der Waals surface area contributed by atoms with Gasteiger partial charge in [0.25, 0.3) is 5.91 Å². The molecule has 1 amide bonds. The third-order valence-corrected chi connectivity index (χ3v) is 4.34. The average molecular weight is 300 g/mol. The summed E-state index contributed by atoms with van der Waals surface area (Å²) >= 11 is 0. The third-order valence-electron chi connectivity index (χ3n) is 4.34. The van der Waals surface area contributed by atoms with E-state index < -0.39 is 0 Å². The van der Waals surface area contributed by atoms with Gasteiger partial charge in [0.15, 0.2) is 0 Å². The van der Waals surface area contributed by atoms with E-state index in [2.05, 4.69) is 11.9 Å². The molecule has 1 aromatic carbocycles. The highest BCUT2D eigenvalue weighted by Gasteiger charge is 2.24. The molecule has 1 aliphatic rings. The van der Waals surface area contributed by atoms with E-state index >= 15 is 0 Å². The van der Waals surface area contributed by atoms with Crippen molar-refractivity contribution in [3.63, 3.8) is 0 Å². The van der Waals surface area contributed by atoms with Gasteiger partial charge in [-0.2, -0.15) is 0 Å². The van der Waals surface area contributed by atoms with Crippen LogP contribution in [0, 0.1) is 18.7 Å². The highest BCUT2D eigenvalue weighted by molar-refractivity contribution is 5.96. The van der Waals surface area contributed by atoms with E-state index in [1.807, 2.05) is 17.9 Å². The lowest BCUT2D eigenvalue weighted by Gasteiger charge is -2.30. The quantitative estimate of drug-likeness (QED) is 0.894. The van der Waals surface area contributed by atoms with Crippen molar-refractivity contribution in [3.8, 4) is 11.3 Å². The minimum Gasteiger partial charge on any atom is -0.358 e. The lowest BCUT2D eigenvalue weighted by molar-refractivity contribution is 0.0682. The number of carbonyl (C=O) groups is 1. The molecule has 1 aromatic heterocycles. The first-order valence-corrected chi connectivity index (χ1v) is 7.79. The fraction of sp³-hybridized carbons (Fsp3) is 0.389. The van der Waals surface area contributed by atoms with Gasteiger partial charge in [-0.3, -0.25) is 4.79 Å². The fourth-order valence-corrected chi connectivity index (χ4v) is 3.11. The summed E-state index contributed by atoms with van der Waals surface area (Å²) < 4.78 is 13.0. The molecule has 4 heteroatoms. The Balaban J connectivity index is 1.85. The first-order chi connectivity index (χ1) is 10.5. The summed E-state index contributed by atoms with van der Waals surface area (Å²) in [5.74, 6) is 0.396. The fourth-order valence-electron chi connectivity index (χ4n) is 3.11. The largest absolute Gasteiger partial charge is 0.358 e. The van der Waals surface area contributed by atoms with Gasteiger partial charge in [0.1, 0.15) is 5.82 Å². The molecule has 3 rings (SSSR count). The molecule has 1 fully saturated rings. The minimum absolute atomic E-state index is 0.0914. The summed E-state index contributed by atoms with van der Waals surface area (Å²) in [4.78, 5) is 17.9. The predicted molar refractivity (Wildman–Crippen MR) is 85.2 cm³/mol. The minimum atomic E-state index is -0.259. The standard InChI is InChI=1S/C18H21FN2O/c1-12-4-3-9-21(11-12)18(22)16-10-17(20-13(16)2)14-5-7-15(19)8-6-14/h5-8,10,12,20H,3-4,9,11H2,1-2H3. The van der Waals surface area contributed by atoms with E-state index in [1.54, 1.807) is 12.1 Å². The van der Waals surface area contributed by atoms with E-state index in [0.29, 0.717) is 11.5 Å². The smallest absolute Gasteiger partial charge is 0.255 e. The zero-order valence-corrected chi connectivity index (χ0v) is 13.0. The second-order valence-corrected chi connectivity index (χ2v) is 6.23. The normalized spacial score (nSPS) is 18.5. The van der Waals surface area contributed by atoms with E-state index in [1.165, 1.54) is 18.6 Å². The Labute approximate surface area is 130 Å². The second kappa shape index (κ2) is 5.95. The molecule has 0 spiro atoms. The van der Waals surface area contributed by atoms with Gasteiger partial charge < -0.3 is 9.88 Å². The van der Waals surface area contributed by atoms with Gasteiger partial charge in [-0.05, 0) is 61.6 Å². The van der Waals surface area contributed by atoms with Crippen LogP contribution < -0.4 is 0 Å². The van der Waals surface area contributed by atoms with Crippen molar-refractivity contribution < 1.29 is 9.18 Å². The Morgan fingerprint density at radius 3 is 2.73 bits per heavy atom. The SMILES string of the molecule is Cc1[nH]c(-c2ccc(F)cc2)cc1C(=O)N1CCCC(C)C1. The number of halogens is 1. The number of aryl methyl sites for hydroxylation is 1. The summed E-state index contributed by atoms with van der Waals surface area (Å²) in [6.07, 6.45) is 2.26. The Kier molecular flexibility index (Phi) is 4.01. The van der Waals surface area contributed by atoms with Crippen LogP contribution in [0.2, 0.25) is 0 Å². The van der Waals surface area contributed by atoms with Crippen LogP contribution in [0.25, 0.3) is 11.3 Å². The number of H-pyrrole nitrogens is 1. The van der Waals surface area contributed by atoms with E-state index in [-0.39, 0.29) is 11.7 Å². The zero-order valence-electron chi connectivity index (χ0n) is 13.0. The van der Waals surface area contributed by atoms with Crippen molar-refractivity contribution in [1.82, 2.24) is 9.88 Å². The summed E-state index contributed by atoms with van der Waals surface area (Å²) in [6.45, 7) is 5.76. The molecule has 3 nitrogen and oxygen atoms in total. The van der Waals surface area contributed by atoms with Crippen molar-refractivity contribution in [3.05, 3.63) is 47.4 Å². The number of carbonyl (C=O) groups excluding carboxylic acids is 1. The number of piperidine rings is 1. The Hall–Kier alpha value is -2.10. The molecular formula is C18H21FN2O. The first kappa shape index (κ1) is 14.8. The highest BCUT2D eigenvalue weighted by atomic mass is 19.1. The van der Waals surface area contributed by atoms with Crippen LogP contribution in [-0.4, -0.2) is 28.9 Å². The number of amides is 1. The molecule has 116 valence electrons. The van der Waals surface area contributed by atoms with Gasteiger partial charge in [0.05, 0.1) is 5.56 Å². The van der Waals surface area contributed by atoms with Crippen LogP contribution in [0.4, 0.5) is 4.39 Å². The lowest BCUT2D eigenvalue weighted by Crippen LogP contribution is -2.39. The average Bonchev–Trinajstić information content (AvgIpc) is 2.89. The van der Waals surface area contributed by atoms with Gasteiger partial charge in [-0.1, -0.05) is 6.92 Å². The number of benzene rings is 1. The summed E-state index contributed by atoms with van der Waals surface area (Å²) in [7, 11) is 0. The van der Waals surface area contributed by atoms with Crippen LogP contribution in [0.3, 0.4) is 0 Å². The van der Waals surface area contributed by atoms with Crippen molar-refractivity contribution in [2.75, 3.05) is 13.1 Å². The highest BCUT2D eigenvalue weighted by Crippen LogP contribution is 2.25. The van der Waals surface area contributed by atoms with Crippen LogP contribution in [0.1, 0.15) is 35.8 Å². The van der Waals surface area contributed by atoms with Crippen LogP contribution >= 0.6 is 0 Å². The maximum Gasteiger partial charge on any atom is 0.255 e. The molecule has 2 aromatic rings. The number of hydrogen-bond donors (Lipinski definition) is 1. The van der Waals surface area contributed by atoms with Gasteiger partial charge >= 0.3 is 0 Å². The van der Waals surface area contributed by atoms with E-state index in [4.69, 9.17) is 0 Å². The van der Waals surface area contributed by atoms with Crippen LogP contribution in [0.15, 0.2) is 30.3 Å². The predicted octanol–water partition coefficient (Wildman–Crippen LogP) is 4.00.